The largest absolute Gasteiger partial charge is 0.484 e. The standard InChI is InChI=1S/C8H6F3N3O/c9-8(10,11)5-15-7-4-2-1-3-6(7)13-14-12/h1-4H,5H2. The van der Waals surface area contributed by atoms with E-state index in [1.807, 2.05) is 0 Å². The molecular weight excluding hydrogens is 211 g/mol. The van der Waals surface area contributed by atoms with E-state index in [0.717, 1.165) is 0 Å². The van der Waals surface area contributed by atoms with Gasteiger partial charge in [-0.25, -0.2) is 0 Å². The van der Waals surface area contributed by atoms with Crippen LogP contribution < -0.4 is 4.74 Å². The Kier molecular flexibility index (Phi) is 3.41. The van der Waals surface area contributed by atoms with Crippen LogP contribution in [0, 0.1) is 0 Å². The number of hydrogen-bond donors (Lipinski definition) is 0. The number of benzene rings is 1. The molecule has 0 aliphatic carbocycles. The molecule has 0 heterocycles. The normalized spacial score (nSPS) is 10.6. The van der Waals surface area contributed by atoms with E-state index in [2.05, 4.69) is 14.8 Å². The Labute approximate surface area is 82.9 Å². The molecule has 0 aliphatic rings. The van der Waals surface area contributed by atoms with E-state index in [1.165, 1.54) is 24.3 Å². The van der Waals surface area contributed by atoms with E-state index in [0.29, 0.717) is 0 Å². The average molecular weight is 217 g/mol. The maximum atomic E-state index is 11.8. The van der Waals surface area contributed by atoms with Crippen LogP contribution in [-0.2, 0) is 0 Å². The quantitative estimate of drug-likeness (QED) is 0.433. The Morgan fingerprint density at radius 1 is 1.33 bits per heavy atom. The lowest BCUT2D eigenvalue weighted by Crippen LogP contribution is -2.19. The van der Waals surface area contributed by atoms with E-state index in [1.54, 1.807) is 0 Å². The molecule has 80 valence electrons. The molecule has 0 N–H and O–H groups in total. The fraction of sp³-hybridized carbons (Fsp3) is 0.250. The molecule has 4 nitrogen and oxygen atoms in total. The van der Waals surface area contributed by atoms with Crippen molar-refractivity contribution >= 4 is 5.69 Å². The van der Waals surface area contributed by atoms with Crippen LogP contribution in [-0.4, -0.2) is 12.8 Å². The van der Waals surface area contributed by atoms with Crippen LogP contribution in [0.15, 0.2) is 29.4 Å². The Morgan fingerprint density at radius 2 is 2.00 bits per heavy atom. The van der Waals surface area contributed by atoms with Crippen molar-refractivity contribution in [1.29, 1.82) is 0 Å². The Hall–Kier alpha value is -1.88. The van der Waals surface area contributed by atoms with Crippen LogP contribution >= 0.6 is 0 Å². The maximum absolute atomic E-state index is 11.8. The van der Waals surface area contributed by atoms with Crippen molar-refractivity contribution in [2.24, 2.45) is 5.11 Å². The Balaban J connectivity index is 2.80. The highest BCUT2D eigenvalue weighted by Gasteiger charge is 2.28. The van der Waals surface area contributed by atoms with Crippen LogP contribution in [0.25, 0.3) is 10.4 Å². The van der Waals surface area contributed by atoms with Gasteiger partial charge < -0.3 is 4.74 Å². The number of alkyl halides is 3. The monoisotopic (exact) mass is 217 g/mol. The topological polar surface area (TPSA) is 58.0 Å². The van der Waals surface area contributed by atoms with E-state index in [-0.39, 0.29) is 11.4 Å². The molecule has 0 atom stereocenters. The molecule has 0 aromatic heterocycles. The van der Waals surface area contributed by atoms with Crippen LogP contribution in [0.2, 0.25) is 0 Å². The fourth-order valence-corrected chi connectivity index (χ4v) is 0.870. The van der Waals surface area contributed by atoms with Crippen LogP contribution in [0.3, 0.4) is 0 Å². The van der Waals surface area contributed by atoms with Gasteiger partial charge in [-0.05, 0) is 17.7 Å². The van der Waals surface area contributed by atoms with Crippen LogP contribution in [0.5, 0.6) is 5.75 Å². The molecule has 0 aliphatic heterocycles. The summed E-state index contributed by atoms with van der Waals surface area (Å²) in [4.78, 5) is 2.47. The van der Waals surface area contributed by atoms with Crippen molar-refractivity contribution in [1.82, 2.24) is 0 Å². The van der Waals surface area contributed by atoms with Crippen LogP contribution in [0.1, 0.15) is 0 Å². The Bertz CT molecular complexity index is 385. The summed E-state index contributed by atoms with van der Waals surface area (Å²) in [7, 11) is 0. The minimum Gasteiger partial charge on any atom is -0.484 e. The van der Waals surface area contributed by atoms with Gasteiger partial charge >= 0.3 is 6.18 Å². The highest BCUT2D eigenvalue weighted by molar-refractivity contribution is 5.51. The third-order valence-electron chi connectivity index (χ3n) is 1.41. The highest BCUT2D eigenvalue weighted by Crippen LogP contribution is 2.28. The second-order valence-corrected chi connectivity index (χ2v) is 2.56. The number of para-hydroxylation sites is 1. The van der Waals surface area contributed by atoms with Gasteiger partial charge in [0.05, 0.1) is 5.69 Å². The van der Waals surface area contributed by atoms with Crippen molar-refractivity contribution in [3.05, 3.63) is 34.7 Å². The summed E-state index contributed by atoms with van der Waals surface area (Å²) in [5, 5.41) is 3.20. The van der Waals surface area contributed by atoms with Crippen LogP contribution in [0.4, 0.5) is 18.9 Å². The molecule has 0 saturated heterocycles. The number of ether oxygens (including phenoxy) is 1. The predicted octanol–water partition coefficient (Wildman–Crippen LogP) is 3.57. The van der Waals surface area contributed by atoms with Gasteiger partial charge in [-0.3, -0.25) is 0 Å². The summed E-state index contributed by atoms with van der Waals surface area (Å²) in [6.45, 7) is -1.41. The van der Waals surface area contributed by atoms with Gasteiger partial charge in [-0.1, -0.05) is 17.2 Å². The number of azide groups is 1. The molecule has 0 amide bonds. The third-order valence-corrected chi connectivity index (χ3v) is 1.41. The Morgan fingerprint density at radius 3 is 2.60 bits per heavy atom. The zero-order chi connectivity index (χ0) is 11.3. The van der Waals surface area contributed by atoms with Gasteiger partial charge in [-0.15, -0.1) is 0 Å². The van der Waals surface area contributed by atoms with Gasteiger partial charge in [0.15, 0.2) is 6.61 Å². The third kappa shape index (κ3) is 3.78. The summed E-state index contributed by atoms with van der Waals surface area (Å²) in [5.74, 6) is -0.0902. The molecule has 0 unspecified atom stereocenters. The molecule has 15 heavy (non-hydrogen) atoms. The van der Waals surface area contributed by atoms with Crippen molar-refractivity contribution in [2.45, 2.75) is 6.18 Å². The highest BCUT2D eigenvalue weighted by atomic mass is 19.4. The van der Waals surface area contributed by atoms with Crippen molar-refractivity contribution in [3.63, 3.8) is 0 Å². The molecule has 1 aromatic carbocycles. The second-order valence-electron chi connectivity index (χ2n) is 2.56. The summed E-state index contributed by atoms with van der Waals surface area (Å²) < 4.78 is 40.0. The first kappa shape index (κ1) is 11.2. The zero-order valence-corrected chi connectivity index (χ0v) is 7.40. The van der Waals surface area contributed by atoms with Gasteiger partial charge in [0.25, 0.3) is 0 Å². The van der Waals surface area contributed by atoms with Crippen molar-refractivity contribution < 1.29 is 17.9 Å². The van der Waals surface area contributed by atoms with E-state index < -0.39 is 12.8 Å². The van der Waals surface area contributed by atoms with Crippen molar-refractivity contribution in [2.75, 3.05) is 6.61 Å². The average Bonchev–Trinajstić information content (AvgIpc) is 2.16. The molecule has 7 heteroatoms. The first-order chi connectivity index (χ1) is 7.03. The summed E-state index contributed by atoms with van der Waals surface area (Å²) >= 11 is 0. The lowest BCUT2D eigenvalue weighted by molar-refractivity contribution is -0.153. The molecule has 1 aromatic rings. The second kappa shape index (κ2) is 4.56. The molecule has 0 bridgehead atoms. The first-order valence-corrected chi connectivity index (χ1v) is 3.86. The number of rotatable bonds is 3. The summed E-state index contributed by atoms with van der Waals surface area (Å²) in [5.41, 5.74) is 8.18. The maximum Gasteiger partial charge on any atom is 0.422 e. The zero-order valence-electron chi connectivity index (χ0n) is 7.40. The van der Waals surface area contributed by atoms with Crippen molar-refractivity contribution in [3.8, 4) is 5.75 Å². The summed E-state index contributed by atoms with van der Waals surface area (Å²) in [6, 6.07) is 5.69. The van der Waals surface area contributed by atoms with Gasteiger partial charge in [-0.2, -0.15) is 13.2 Å². The molecule has 0 radical (unpaired) electrons. The molecule has 0 fully saturated rings. The summed E-state index contributed by atoms with van der Waals surface area (Å²) in [6.07, 6.45) is -4.41. The van der Waals surface area contributed by atoms with Gasteiger partial charge in [0.1, 0.15) is 5.75 Å². The molecular formula is C8H6F3N3O. The SMILES string of the molecule is [N-]=[N+]=Nc1ccccc1OCC(F)(F)F. The lowest BCUT2D eigenvalue weighted by Gasteiger charge is -2.10. The number of halogens is 3. The van der Waals surface area contributed by atoms with E-state index in [4.69, 9.17) is 5.53 Å². The molecule has 0 spiro atoms. The smallest absolute Gasteiger partial charge is 0.422 e. The number of hydrogen-bond acceptors (Lipinski definition) is 2. The lowest BCUT2D eigenvalue weighted by atomic mass is 10.3. The van der Waals surface area contributed by atoms with Gasteiger partial charge in [0.2, 0.25) is 0 Å². The molecule has 1 rings (SSSR count). The fourth-order valence-electron chi connectivity index (χ4n) is 0.870. The number of nitrogens with zero attached hydrogens (tertiary/aromatic N) is 3. The minimum absolute atomic E-state index is 0.0317. The van der Waals surface area contributed by atoms with Gasteiger partial charge in [0, 0.05) is 4.91 Å². The van der Waals surface area contributed by atoms with E-state index in [9.17, 15) is 13.2 Å². The van der Waals surface area contributed by atoms with E-state index >= 15 is 0 Å². The minimum atomic E-state index is -4.41. The predicted molar refractivity (Wildman–Crippen MR) is 46.8 cm³/mol. The molecule has 0 saturated carbocycles. The first-order valence-electron chi connectivity index (χ1n) is 3.86.